The van der Waals surface area contributed by atoms with E-state index in [-0.39, 0.29) is 38.6 Å². The summed E-state index contributed by atoms with van der Waals surface area (Å²) in [5.41, 5.74) is 0. The van der Waals surface area contributed by atoms with E-state index in [1.165, 1.54) is 32.1 Å². The molecule has 0 amide bonds. The molecular weight excluding hydrogens is 1100 g/mol. The van der Waals surface area contributed by atoms with Crippen LogP contribution >= 0.6 is 0 Å². The molecule has 0 aliphatic rings. The van der Waals surface area contributed by atoms with Crippen molar-refractivity contribution in [1.82, 2.24) is 0 Å². The molecule has 0 bridgehead atoms. The van der Waals surface area contributed by atoms with Crippen LogP contribution in [0.4, 0.5) is 0 Å². The molecule has 0 aliphatic carbocycles. The van der Waals surface area contributed by atoms with Gasteiger partial charge in [-0.2, -0.15) is 0 Å². The van der Waals surface area contributed by atoms with E-state index in [1.807, 2.05) is 21.1 Å². The number of aliphatic carboxylic acids is 1. The monoisotopic (exact) mass is 1230 g/mol. The van der Waals surface area contributed by atoms with E-state index in [0.29, 0.717) is 17.4 Å². The van der Waals surface area contributed by atoms with Gasteiger partial charge in [-0.25, -0.2) is 0 Å². The number of ether oxygens (including phenoxy) is 4. The van der Waals surface area contributed by atoms with Crippen molar-refractivity contribution >= 4 is 17.9 Å². The maximum Gasteiger partial charge on any atom is 0.306 e. The molecule has 9 heteroatoms. The number of esters is 2. The number of carboxylic acids is 1. The summed E-state index contributed by atoms with van der Waals surface area (Å²) in [6.45, 7) is 4.46. The first-order valence-electron chi connectivity index (χ1n) is 34.6. The highest BCUT2D eigenvalue weighted by molar-refractivity contribution is 5.70. The van der Waals surface area contributed by atoms with Crippen LogP contribution in [0, 0.1) is 0 Å². The lowest BCUT2D eigenvalue weighted by Gasteiger charge is -2.26. The second-order valence-electron chi connectivity index (χ2n) is 23.3. The van der Waals surface area contributed by atoms with Crippen LogP contribution in [-0.4, -0.2) is 82.3 Å². The summed E-state index contributed by atoms with van der Waals surface area (Å²) in [5, 5.41) is 11.8. The van der Waals surface area contributed by atoms with Crippen molar-refractivity contribution < 1.29 is 42.9 Å². The van der Waals surface area contributed by atoms with Gasteiger partial charge in [0.1, 0.15) is 13.2 Å². The Hall–Kier alpha value is -5.87. The van der Waals surface area contributed by atoms with E-state index in [1.54, 1.807) is 0 Å². The van der Waals surface area contributed by atoms with E-state index in [4.69, 9.17) is 18.9 Å². The topological polar surface area (TPSA) is 111 Å². The third kappa shape index (κ3) is 69.5. The van der Waals surface area contributed by atoms with Gasteiger partial charge in [-0.3, -0.25) is 9.59 Å². The van der Waals surface area contributed by atoms with Crippen LogP contribution in [0.15, 0.2) is 194 Å². The van der Waals surface area contributed by atoms with E-state index in [9.17, 15) is 19.5 Å². The number of carbonyl (C=O) groups excluding carboxylic acids is 3. The molecule has 0 saturated heterocycles. The van der Waals surface area contributed by atoms with Crippen LogP contribution in [-0.2, 0) is 33.3 Å². The van der Waals surface area contributed by atoms with Gasteiger partial charge in [0.15, 0.2) is 12.4 Å². The number of rotatable bonds is 61. The molecule has 0 N–H and O–H groups in total. The Morgan fingerprint density at radius 3 is 0.899 bits per heavy atom. The van der Waals surface area contributed by atoms with Gasteiger partial charge in [0.25, 0.3) is 0 Å². The molecule has 2 unspecified atom stereocenters. The zero-order valence-corrected chi connectivity index (χ0v) is 56.7. The average Bonchev–Trinajstić information content (AvgIpc) is 3.64. The van der Waals surface area contributed by atoms with Crippen molar-refractivity contribution in [2.24, 2.45) is 0 Å². The SMILES string of the molecule is CC/C=C\C/C=C\C/C=C\C/C=C\C/C=C\C/C=C\C/C=C\C/C=C\C/C=C\CCCCCCCC(=O)OC(COC(=O)CCCCCCCCCCC/C=C\C/C=C\C/C=C\C/C=C\C/C=C\C/C=C\C/C=C\CC)COC(OCC[N+](C)(C)C)C(=O)[O-]. The summed E-state index contributed by atoms with van der Waals surface area (Å²) in [7, 11) is 5.90. The lowest BCUT2D eigenvalue weighted by molar-refractivity contribution is -0.870. The number of nitrogens with zero attached hydrogens (tertiary/aromatic N) is 1. The van der Waals surface area contributed by atoms with Gasteiger partial charge in [-0.15, -0.1) is 0 Å². The van der Waals surface area contributed by atoms with Crippen LogP contribution in [0.5, 0.6) is 0 Å². The number of unbranched alkanes of at least 4 members (excludes halogenated alkanes) is 14. The van der Waals surface area contributed by atoms with Crippen molar-refractivity contribution in [3.8, 4) is 0 Å². The molecule has 2 atom stereocenters. The zero-order valence-electron chi connectivity index (χ0n) is 56.7. The molecule has 0 saturated carbocycles. The van der Waals surface area contributed by atoms with Gasteiger partial charge in [0, 0.05) is 12.8 Å². The molecule has 0 aromatic heterocycles. The number of hydrogen-bond donors (Lipinski definition) is 0. The minimum Gasteiger partial charge on any atom is -0.545 e. The fourth-order valence-corrected chi connectivity index (χ4v) is 8.63. The van der Waals surface area contributed by atoms with Gasteiger partial charge in [-0.05, 0) is 141 Å². The van der Waals surface area contributed by atoms with E-state index >= 15 is 0 Å². The first-order chi connectivity index (χ1) is 43.6. The first kappa shape index (κ1) is 83.1. The Morgan fingerprint density at radius 1 is 0.337 bits per heavy atom. The molecule has 0 spiro atoms. The largest absolute Gasteiger partial charge is 0.545 e. The lowest BCUT2D eigenvalue weighted by atomic mass is 10.1. The zero-order chi connectivity index (χ0) is 64.7. The van der Waals surface area contributed by atoms with E-state index in [0.717, 1.165) is 167 Å². The third-order valence-corrected chi connectivity index (χ3v) is 13.8. The summed E-state index contributed by atoms with van der Waals surface area (Å²) >= 11 is 0. The number of quaternary nitrogens is 1. The van der Waals surface area contributed by atoms with Crippen LogP contribution in [0.3, 0.4) is 0 Å². The van der Waals surface area contributed by atoms with E-state index < -0.39 is 24.3 Å². The summed E-state index contributed by atoms with van der Waals surface area (Å²) in [5.74, 6) is -2.34. The van der Waals surface area contributed by atoms with Crippen LogP contribution in [0.2, 0.25) is 0 Å². The highest BCUT2D eigenvalue weighted by atomic mass is 16.7. The van der Waals surface area contributed by atoms with Gasteiger partial charge >= 0.3 is 11.9 Å². The smallest absolute Gasteiger partial charge is 0.306 e. The maximum absolute atomic E-state index is 12.9. The second kappa shape index (κ2) is 68.0. The van der Waals surface area contributed by atoms with Crippen molar-refractivity contribution in [2.75, 3.05) is 47.5 Å². The summed E-state index contributed by atoms with van der Waals surface area (Å²) in [4.78, 5) is 37.5. The molecular formula is C80H125NO8. The standard InChI is InChI=1S/C80H125NO8/c1-6-8-10-12-14-16-18-20-22-24-26-28-30-32-34-36-38-39-41-43-45-47-49-51-53-55-57-59-61-63-65-67-69-71-78(83)89-76(75-88-80(79(84)85)86-73-72-81(3,4)5)74-87-77(82)70-68-66-64-62-60-58-56-54-52-50-48-46-44-42-40-37-35-33-31-29-27-25-23-21-19-17-15-13-11-9-7-2/h8-11,14-17,20-23,26-29,32-35,38-40,42-43,45-46,48-49,51,55,57,76,80H,6-7,12-13,18-19,24-25,30-31,36-37,41,44,47,50,52-54,56,58-75H2,1-5H3/b10-8-,11-9-,16-14-,17-15-,22-20-,23-21-,28-26-,29-27-,34-32-,35-33-,39-38-,42-40-,45-43-,48-46-,51-49-,57-55-. The first-order valence-corrected chi connectivity index (χ1v) is 34.6. The molecule has 0 aliphatic heterocycles. The Bertz CT molecular complexity index is 2160. The highest BCUT2D eigenvalue weighted by Gasteiger charge is 2.22. The van der Waals surface area contributed by atoms with E-state index in [2.05, 4.69) is 208 Å². The Kier molecular flexibility index (Phi) is 63.6. The molecule has 0 aromatic carbocycles. The summed E-state index contributed by atoms with van der Waals surface area (Å²) < 4.78 is 22.7. The predicted octanol–water partition coefficient (Wildman–Crippen LogP) is 20.5. The number of likely N-dealkylation sites (N-methyl/N-ethyl adjacent to an activating group) is 1. The van der Waals surface area contributed by atoms with Crippen molar-refractivity contribution in [1.29, 1.82) is 0 Å². The Labute approximate surface area is 544 Å². The third-order valence-electron chi connectivity index (χ3n) is 13.8. The van der Waals surface area contributed by atoms with Gasteiger partial charge < -0.3 is 33.3 Å². The fourth-order valence-electron chi connectivity index (χ4n) is 8.63. The fraction of sp³-hybridized carbons (Fsp3) is 0.562. The summed E-state index contributed by atoms with van der Waals surface area (Å²) in [6.07, 6.45) is 102. The molecule has 0 heterocycles. The molecule has 498 valence electrons. The average molecular weight is 1230 g/mol. The highest BCUT2D eigenvalue weighted by Crippen LogP contribution is 2.14. The van der Waals surface area contributed by atoms with Crippen LogP contribution in [0.1, 0.15) is 232 Å². The normalized spacial score (nSPS) is 13.9. The molecule has 0 aromatic rings. The lowest BCUT2D eigenvalue weighted by Crippen LogP contribution is -2.44. The minimum absolute atomic E-state index is 0.131. The minimum atomic E-state index is -1.64. The van der Waals surface area contributed by atoms with Gasteiger partial charge in [0.2, 0.25) is 0 Å². The van der Waals surface area contributed by atoms with Gasteiger partial charge in [0.05, 0.1) is 40.3 Å². The van der Waals surface area contributed by atoms with Crippen LogP contribution < -0.4 is 5.11 Å². The maximum atomic E-state index is 12.9. The van der Waals surface area contributed by atoms with Crippen LogP contribution in [0.25, 0.3) is 0 Å². The molecule has 0 rings (SSSR count). The number of carbonyl (C=O) groups is 3. The number of hydrogen-bond acceptors (Lipinski definition) is 8. The van der Waals surface area contributed by atoms with Crippen molar-refractivity contribution in [2.45, 2.75) is 245 Å². The van der Waals surface area contributed by atoms with Gasteiger partial charge in [-0.1, -0.05) is 272 Å². The number of allylic oxidation sites excluding steroid dienone is 32. The quantitative estimate of drug-likeness (QED) is 0.0195. The van der Waals surface area contributed by atoms with Crippen molar-refractivity contribution in [3.05, 3.63) is 194 Å². The molecule has 89 heavy (non-hydrogen) atoms. The van der Waals surface area contributed by atoms with Crippen molar-refractivity contribution in [3.63, 3.8) is 0 Å². The summed E-state index contributed by atoms with van der Waals surface area (Å²) in [6, 6.07) is 0. The molecule has 0 radical (unpaired) electrons. The second-order valence-corrected chi connectivity index (χ2v) is 23.3. The molecule has 0 fully saturated rings. The number of carboxylic acid groups (broad SMARTS) is 1. The Morgan fingerprint density at radius 2 is 0.607 bits per heavy atom. The Balaban J connectivity index is 4.28. The predicted molar refractivity (Wildman–Crippen MR) is 379 cm³/mol. The molecule has 9 nitrogen and oxygen atoms in total.